The number of hydrogen-bond acceptors (Lipinski definition) is 2. The minimum atomic E-state index is -4.92. The highest BCUT2D eigenvalue weighted by Gasteiger charge is 2.33. The van der Waals surface area contributed by atoms with Crippen molar-refractivity contribution in [3.8, 4) is 5.75 Å². The Morgan fingerprint density at radius 3 is 2.37 bits per heavy atom. The summed E-state index contributed by atoms with van der Waals surface area (Å²) in [4.78, 5) is 15.8. The van der Waals surface area contributed by atoms with Crippen LogP contribution in [0.2, 0.25) is 5.02 Å². The number of amides is 1. The highest BCUT2D eigenvalue weighted by Crippen LogP contribution is 2.33. The van der Waals surface area contributed by atoms with E-state index in [1.54, 1.807) is 24.3 Å². The molecule has 1 amide bonds. The molecule has 2 aromatic rings. The Morgan fingerprint density at radius 1 is 1.11 bits per heavy atom. The van der Waals surface area contributed by atoms with Gasteiger partial charge in [0.25, 0.3) is 5.91 Å². The number of aliphatic imine (C=N–C) groups is 1. The van der Waals surface area contributed by atoms with Gasteiger partial charge in [-0.15, -0.1) is 13.2 Å². The lowest BCUT2D eigenvalue weighted by molar-refractivity contribution is -0.274. The van der Waals surface area contributed by atoms with E-state index in [2.05, 4.69) is 9.73 Å². The van der Waals surface area contributed by atoms with Crippen LogP contribution in [0.5, 0.6) is 5.75 Å². The maximum atomic E-state index is 12.7. The minimum absolute atomic E-state index is 0.0480. The molecule has 1 unspecified atom stereocenters. The molecule has 0 aliphatic rings. The number of halogens is 4. The fourth-order valence-electron chi connectivity index (χ4n) is 2.28. The molecule has 0 aliphatic heterocycles. The molecule has 0 saturated heterocycles. The van der Waals surface area contributed by atoms with Crippen LogP contribution in [0, 0.1) is 0 Å². The zero-order valence-corrected chi connectivity index (χ0v) is 14.5. The van der Waals surface area contributed by atoms with E-state index >= 15 is 0 Å². The van der Waals surface area contributed by atoms with Crippen LogP contribution < -0.4 is 16.2 Å². The third-order valence-electron chi connectivity index (χ3n) is 3.36. The van der Waals surface area contributed by atoms with Crippen LogP contribution in [0.25, 0.3) is 6.08 Å². The molecular formula is C18H15ClF3N3O2. The van der Waals surface area contributed by atoms with Crippen LogP contribution in [0.1, 0.15) is 17.0 Å². The molecule has 0 aromatic heterocycles. The number of guanidine groups is 1. The molecule has 2 rings (SSSR count). The van der Waals surface area contributed by atoms with Gasteiger partial charge in [0, 0.05) is 10.6 Å². The number of carbonyl (C=O) groups excluding carboxylic acids is 1. The van der Waals surface area contributed by atoms with Gasteiger partial charge in [0.15, 0.2) is 5.96 Å². The van der Waals surface area contributed by atoms with Crippen molar-refractivity contribution in [3.05, 3.63) is 70.8 Å². The summed E-state index contributed by atoms with van der Waals surface area (Å²) in [5.74, 6) is -3.11. The first kappa shape index (κ1) is 20.3. The number of ether oxygens (including phenoxy) is 1. The summed E-state index contributed by atoms with van der Waals surface area (Å²) in [5.41, 5.74) is 11.0. The van der Waals surface area contributed by atoms with Crippen LogP contribution in [0.3, 0.4) is 0 Å². The first-order valence-corrected chi connectivity index (χ1v) is 7.96. The summed E-state index contributed by atoms with van der Waals surface area (Å²) in [6, 6.07) is 12.0. The lowest BCUT2D eigenvalue weighted by atomic mass is 9.96. The third kappa shape index (κ3) is 6.03. The number of nitrogens with two attached hydrogens (primary N) is 2. The fourth-order valence-corrected chi connectivity index (χ4v) is 2.48. The van der Waals surface area contributed by atoms with E-state index in [4.69, 9.17) is 23.1 Å². The molecule has 1 atom stereocenters. The molecule has 0 fully saturated rings. The molecule has 0 spiro atoms. The second-order valence-electron chi connectivity index (χ2n) is 5.32. The number of para-hydroxylation sites is 1. The van der Waals surface area contributed by atoms with Gasteiger partial charge in [-0.1, -0.05) is 60.2 Å². The SMILES string of the molecule is NC(N)=NC(=O)C(/C=C/c1ccccc1Cl)c1ccccc1OC(F)(F)F. The number of nitrogens with zero attached hydrogens (tertiary/aromatic N) is 1. The number of hydrogen-bond donors (Lipinski definition) is 2. The molecule has 0 heterocycles. The summed E-state index contributed by atoms with van der Waals surface area (Å²) in [6.07, 6.45) is -2.07. The van der Waals surface area contributed by atoms with E-state index in [-0.39, 0.29) is 5.56 Å². The fraction of sp³-hybridized carbons (Fsp3) is 0.111. The molecule has 142 valence electrons. The highest BCUT2D eigenvalue weighted by atomic mass is 35.5. The van der Waals surface area contributed by atoms with Gasteiger partial charge in [0.05, 0.1) is 5.92 Å². The Morgan fingerprint density at radius 2 is 1.74 bits per heavy atom. The zero-order chi connectivity index (χ0) is 20.0. The van der Waals surface area contributed by atoms with E-state index in [9.17, 15) is 18.0 Å². The monoisotopic (exact) mass is 397 g/mol. The van der Waals surface area contributed by atoms with Gasteiger partial charge < -0.3 is 16.2 Å². The number of rotatable bonds is 5. The van der Waals surface area contributed by atoms with Crippen LogP contribution in [-0.4, -0.2) is 18.2 Å². The van der Waals surface area contributed by atoms with Crippen molar-refractivity contribution in [1.29, 1.82) is 0 Å². The molecule has 2 aromatic carbocycles. The Kier molecular flexibility index (Phi) is 6.46. The Hall–Kier alpha value is -3.00. The molecule has 4 N–H and O–H groups in total. The summed E-state index contributed by atoms with van der Waals surface area (Å²) < 4.78 is 42.1. The predicted octanol–water partition coefficient (Wildman–Crippen LogP) is 3.84. The van der Waals surface area contributed by atoms with E-state index < -0.39 is 29.9 Å². The largest absolute Gasteiger partial charge is 0.573 e. The molecule has 9 heteroatoms. The predicted molar refractivity (Wildman–Crippen MR) is 97.2 cm³/mol. The first-order chi connectivity index (χ1) is 12.7. The van der Waals surface area contributed by atoms with Gasteiger partial charge in [-0.3, -0.25) is 4.79 Å². The molecule has 0 aliphatic carbocycles. The lowest BCUT2D eigenvalue weighted by Crippen LogP contribution is -2.26. The second kappa shape index (κ2) is 8.59. The Bertz CT molecular complexity index is 878. The van der Waals surface area contributed by atoms with E-state index in [1.807, 2.05) is 0 Å². The zero-order valence-electron chi connectivity index (χ0n) is 13.8. The van der Waals surface area contributed by atoms with E-state index in [0.29, 0.717) is 10.6 Å². The number of carbonyl (C=O) groups is 1. The van der Waals surface area contributed by atoms with Crippen molar-refractivity contribution < 1.29 is 22.7 Å². The van der Waals surface area contributed by atoms with E-state index in [0.717, 1.165) is 6.07 Å². The smallest absolute Gasteiger partial charge is 0.405 e. The highest BCUT2D eigenvalue weighted by molar-refractivity contribution is 6.32. The summed E-state index contributed by atoms with van der Waals surface area (Å²) >= 11 is 6.06. The van der Waals surface area contributed by atoms with Crippen molar-refractivity contribution in [2.75, 3.05) is 0 Å². The van der Waals surface area contributed by atoms with Crippen molar-refractivity contribution >= 4 is 29.5 Å². The van der Waals surface area contributed by atoms with Gasteiger partial charge in [-0.25, -0.2) is 0 Å². The molecule has 0 bridgehead atoms. The van der Waals surface area contributed by atoms with Gasteiger partial charge in [-0.2, -0.15) is 4.99 Å². The maximum Gasteiger partial charge on any atom is 0.573 e. The quantitative estimate of drug-likeness (QED) is 0.592. The van der Waals surface area contributed by atoms with E-state index in [1.165, 1.54) is 30.4 Å². The average Bonchev–Trinajstić information content (AvgIpc) is 2.56. The van der Waals surface area contributed by atoms with Crippen LogP contribution >= 0.6 is 11.6 Å². The van der Waals surface area contributed by atoms with Gasteiger partial charge in [-0.05, 0) is 17.7 Å². The Labute approximate surface area is 158 Å². The topological polar surface area (TPSA) is 90.7 Å². The first-order valence-electron chi connectivity index (χ1n) is 7.58. The lowest BCUT2D eigenvalue weighted by Gasteiger charge is -2.16. The molecule has 0 saturated carbocycles. The van der Waals surface area contributed by atoms with Crippen LogP contribution in [0.4, 0.5) is 13.2 Å². The van der Waals surface area contributed by atoms with Gasteiger partial charge >= 0.3 is 6.36 Å². The van der Waals surface area contributed by atoms with Crippen molar-refractivity contribution in [3.63, 3.8) is 0 Å². The van der Waals surface area contributed by atoms with Crippen LogP contribution in [0.15, 0.2) is 59.6 Å². The molecule has 5 nitrogen and oxygen atoms in total. The molecule has 0 radical (unpaired) electrons. The van der Waals surface area contributed by atoms with Crippen molar-refractivity contribution in [2.45, 2.75) is 12.3 Å². The van der Waals surface area contributed by atoms with Crippen molar-refractivity contribution in [2.24, 2.45) is 16.5 Å². The summed E-state index contributed by atoms with van der Waals surface area (Å²) in [6.45, 7) is 0. The third-order valence-corrected chi connectivity index (χ3v) is 3.70. The summed E-state index contributed by atoms with van der Waals surface area (Å²) in [5, 5.41) is 0.404. The van der Waals surface area contributed by atoms with Crippen molar-refractivity contribution in [1.82, 2.24) is 0 Å². The normalized spacial score (nSPS) is 12.6. The van der Waals surface area contributed by atoms with Gasteiger partial charge in [0.1, 0.15) is 5.75 Å². The Balaban J connectivity index is 2.50. The number of benzene rings is 2. The number of alkyl halides is 3. The maximum absolute atomic E-state index is 12.7. The summed E-state index contributed by atoms with van der Waals surface area (Å²) in [7, 11) is 0. The standard InChI is InChI=1S/C18H15ClF3N3O2/c19-14-7-3-1-5-11(14)9-10-13(16(26)25-17(23)24)12-6-2-4-8-15(12)27-18(20,21)22/h1-10,13H,(H4,23,24,25,26)/b10-9+. The second-order valence-corrected chi connectivity index (χ2v) is 5.73. The minimum Gasteiger partial charge on any atom is -0.405 e. The average molecular weight is 398 g/mol. The molecule has 27 heavy (non-hydrogen) atoms. The van der Waals surface area contributed by atoms with Gasteiger partial charge in [0.2, 0.25) is 0 Å². The van der Waals surface area contributed by atoms with Crippen LogP contribution in [-0.2, 0) is 4.79 Å². The molecular weight excluding hydrogens is 383 g/mol.